The Kier molecular flexibility index (Phi) is 7.10. The maximum absolute atomic E-state index is 11.9. The van der Waals surface area contributed by atoms with E-state index in [4.69, 9.17) is 5.73 Å². The van der Waals surface area contributed by atoms with Crippen molar-refractivity contribution in [3.05, 3.63) is 17.5 Å². The van der Waals surface area contributed by atoms with E-state index in [1.165, 1.54) is 6.20 Å². The molecule has 0 saturated heterocycles. The normalized spacial score (nSPS) is 11.1. The van der Waals surface area contributed by atoms with Gasteiger partial charge in [-0.25, -0.2) is 8.78 Å². The lowest BCUT2D eigenvalue weighted by molar-refractivity contribution is 0.0188. The number of carbonyl (C=O) groups is 1. The first-order chi connectivity index (χ1) is 9.56. The third-order valence-electron chi connectivity index (χ3n) is 2.70. The molecule has 0 bridgehead atoms. The van der Waals surface area contributed by atoms with Gasteiger partial charge in [0.1, 0.15) is 6.61 Å². The van der Waals surface area contributed by atoms with E-state index in [2.05, 4.69) is 15.2 Å². The number of hydrogen-bond acceptors (Lipinski definition) is 4. The molecule has 0 fully saturated rings. The molecular weight excluding hydrogens is 270 g/mol. The Bertz CT molecular complexity index is 424. The van der Waals surface area contributed by atoms with Gasteiger partial charge in [-0.2, -0.15) is 5.10 Å². The summed E-state index contributed by atoms with van der Waals surface area (Å²) in [5.74, 6) is -0.290. The third kappa shape index (κ3) is 5.22. The summed E-state index contributed by atoms with van der Waals surface area (Å²) in [6.07, 6.45) is -0.222. The van der Waals surface area contributed by atoms with Gasteiger partial charge in [0.15, 0.2) is 0 Å². The first-order valence-corrected chi connectivity index (χ1v) is 6.42. The number of amides is 1. The molecule has 0 spiro atoms. The SMILES string of the molecule is Cc1c(C(=O)NCCOCC(F)F)cnn1CCCN. The minimum Gasteiger partial charge on any atom is -0.374 e. The molecule has 0 radical (unpaired) electrons. The standard InChI is InChI=1S/C12H20F2N4O2/c1-9-10(7-17-18(9)5-2-3-15)12(19)16-4-6-20-8-11(13)14/h7,11H,2-6,8,15H2,1H3,(H,16,19). The lowest BCUT2D eigenvalue weighted by atomic mass is 10.2. The summed E-state index contributed by atoms with van der Waals surface area (Å²) in [6, 6.07) is 0. The molecule has 114 valence electrons. The molecule has 0 aliphatic carbocycles. The average molecular weight is 290 g/mol. The zero-order valence-corrected chi connectivity index (χ0v) is 11.4. The van der Waals surface area contributed by atoms with Crippen LogP contribution in [-0.2, 0) is 11.3 Å². The molecule has 1 rings (SSSR count). The van der Waals surface area contributed by atoms with Crippen LogP contribution in [0.1, 0.15) is 22.5 Å². The van der Waals surface area contributed by atoms with Gasteiger partial charge >= 0.3 is 0 Å². The molecule has 3 N–H and O–H groups in total. The van der Waals surface area contributed by atoms with Crippen LogP contribution in [-0.4, -0.2) is 48.4 Å². The molecule has 0 aromatic carbocycles. The van der Waals surface area contributed by atoms with Crippen molar-refractivity contribution in [3.8, 4) is 0 Å². The van der Waals surface area contributed by atoms with Crippen LogP contribution in [0.2, 0.25) is 0 Å². The summed E-state index contributed by atoms with van der Waals surface area (Å²) in [5, 5.41) is 6.71. The number of nitrogens with two attached hydrogens (primary N) is 1. The number of alkyl halides is 2. The Morgan fingerprint density at radius 3 is 3.00 bits per heavy atom. The number of nitrogens with one attached hydrogen (secondary N) is 1. The van der Waals surface area contributed by atoms with Gasteiger partial charge in [-0.1, -0.05) is 0 Å². The van der Waals surface area contributed by atoms with Crippen LogP contribution in [0.5, 0.6) is 0 Å². The second-order valence-corrected chi connectivity index (χ2v) is 4.23. The summed E-state index contributed by atoms with van der Waals surface area (Å²) in [7, 11) is 0. The highest BCUT2D eigenvalue weighted by Crippen LogP contribution is 2.07. The molecule has 1 heterocycles. The second kappa shape index (κ2) is 8.60. The van der Waals surface area contributed by atoms with E-state index in [9.17, 15) is 13.6 Å². The Morgan fingerprint density at radius 2 is 2.35 bits per heavy atom. The summed E-state index contributed by atoms with van der Waals surface area (Å²) >= 11 is 0. The molecule has 0 aliphatic rings. The Labute approximate surface area is 116 Å². The topological polar surface area (TPSA) is 82.2 Å². The lowest BCUT2D eigenvalue weighted by Gasteiger charge is -2.07. The van der Waals surface area contributed by atoms with Gasteiger partial charge in [-0.15, -0.1) is 0 Å². The third-order valence-corrected chi connectivity index (χ3v) is 2.70. The molecule has 20 heavy (non-hydrogen) atoms. The number of aryl methyl sites for hydroxylation is 1. The van der Waals surface area contributed by atoms with Gasteiger partial charge in [0.2, 0.25) is 0 Å². The predicted molar refractivity (Wildman–Crippen MR) is 69.8 cm³/mol. The van der Waals surface area contributed by atoms with Gasteiger partial charge in [0.05, 0.1) is 18.4 Å². The zero-order valence-electron chi connectivity index (χ0n) is 11.4. The fourth-order valence-electron chi connectivity index (χ4n) is 1.64. The van der Waals surface area contributed by atoms with Gasteiger partial charge in [-0.3, -0.25) is 9.48 Å². The van der Waals surface area contributed by atoms with E-state index in [0.717, 1.165) is 12.1 Å². The van der Waals surface area contributed by atoms with E-state index in [-0.39, 0.29) is 19.1 Å². The predicted octanol–water partition coefficient (Wildman–Crippen LogP) is 0.552. The maximum atomic E-state index is 11.9. The smallest absolute Gasteiger partial charge is 0.261 e. The van der Waals surface area contributed by atoms with Crippen molar-refractivity contribution in [3.63, 3.8) is 0 Å². The second-order valence-electron chi connectivity index (χ2n) is 4.23. The number of hydrogen-bond donors (Lipinski definition) is 2. The summed E-state index contributed by atoms with van der Waals surface area (Å²) in [6.45, 7) is 2.63. The van der Waals surface area contributed by atoms with E-state index in [1.54, 1.807) is 11.6 Å². The van der Waals surface area contributed by atoms with Gasteiger partial charge in [0.25, 0.3) is 12.3 Å². The average Bonchev–Trinajstić information content (AvgIpc) is 2.76. The van der Waals surface area contributed by atoms with E-state index < -0.39 is 13.0 Å². The number of ether oxygens (including phenoxy) is 1. The molecular formula is C12H20F2N4O2. The molecule has 0 unspecified atom stereocenters. The number of aromatic nitrogens is 2. The molecule has 6 nitrogen and oxygen atoms in total. The number of carbonyl (C=O) groups excluding carboxylic acids is 1. The molecule has 0 atom stereocenters. The van der Waals surface area contributed by atoms with Crippen LogP contribution in [0.25, 0.3) is 0 Å². The van der Waals surface area contributed by atoms with Crippen molar-refractivity contribution in [1.29, 1.82) is 0 Å². The Hall–Kier alpha value is -1.54. The molecule has 8 heteroatoms. The van der Waals surface area contributed by atoms with Crippen molar-refractivity contribution < 1.29 is 18.3 Å². The van der Waals surface area contributed by atoms with Gasteiger partial charge in [-0.05, 0) is 19.9 Å². The van der Waals surface area contributed by atoms with Crippen LogP contribution < -0.4 is 11.1 Å². The molecule has 0 saturated carbocycles. The lowest BCUT2D eigenvalue weighted by Crippen LogP contribution is -2.28. The summed E-state index contributed by atoms with van der Waals surface area (Å²) < 4.78 is 30.0. The van der Waals surface area contributed by atoms with Crippen LogP contribution in [0.4, 0.5) is 8.78 Å². The molecule has 1 aromatic heterocycles. The number of halogens is 2. The molecule has 1 aromatic rings. The highest BCUT2D eigenvalue weighted by molar-refractivity contribution is 5.94. The monoisotopic (exact) mass is 290 g/mol. The Balaban J connectivity index is 2.38. The Morgan fingerprint density at radius 1 is 1.60 bits per heavy atom. The van der Waals surface area contributed by atoms with Crippen molar-refractivity contribution in [2.45, 2.75) is 26.3 Å². The van der Waals surface area contributed by atoms with Crippen molar-refractivity contribution in [1.82, 2.24) is 15.1 Å². The highest BCUT2D eigenvalue weighted by Gasteiger charge is 2.13. The first kappa shape index (κ1) is 16.5. The largest absolute Gasteiger partial charge is 0.374 e. The molecule has 0 aliphatic heterocycles. The fourth-order valence-corrected chi connectivity index (χ4v) is 1.64. The van der Waals surface area contributed by atoms with Crippen molar-refractivity contribution in [2.75, 3.05) is 26.3 Å². The maximum Gasteiger partial charge on any atom is 0.261 e. The minimum atomic E-state index is -2.49. The van der Waals surface area contributed by atoms with E-state index >= 15 is 0 Å². The van der Waals surface area contributed by atoms with E-state index in [0.29, 0.717) is 18.7 Å². The summed E-state index contributed by atoms with van der Waals surface area (Å²) in [5.41, 5.74) is 6.64. The van der Waals surface area contributed by atoms with Crippen LogP contribution in [0.15, 0.2) is 6.20 Å². The van der Waals surface area contributed by atoms with Crippen LogP contribution in [0.3, 0.4) is 0 Å². The van der Waals surface area contributed by atoms with E-state index in [1.807, 2.05) is 0 Å². The summed E-state index contributed by atoms with van der Waals surface area (Å²) in [4.78, 5) is 11.9. The van der Waals surface area contributed by atoms with Crippen molar-refractivity contribution >= 4 is 5.91 Å². The van der Waals surface area contributed by atoms with Crippen LogP contribution >= 0.6 is 0 Å². The first-order valence-electron chi connectivity index (χ1n) is 6.42. The zero-order chi connectivity index (χ0) is 15.0. The number of rotatable bonds is 9. The number of nitrogens with zero attached hydrogens (tertiary/aromatic N) is 2. The highest BCUT2D eigenvalue weighted by atomic mass is 19.3. The fraction of sp³-hybridized carbons (Fsp3) is 0.667. The minimum absolute atomic E-state index is 0.0520. The molecule has 1 amide bonds. The quantitative estimate of drug-likeness (QED) is 0.651. The van der Waals surface area contributed by atoms with Crippen LogP contribution in [0, 0.1) is 6.92 Å². The van der Waals surface area contributed by atoms with Gasteiger partial charge < -0.3 is 15.8 Å². The van der Waals surface area contributed by atoms with Crippen molar-refractivity contribution in [2.24, 2.45) is 5.73 Å². The van der Waals surface area contributed by atoms with Gasteiger partial charge in [0, 0.05) is 18.8 Å².